The van der Waals surface area contributed by atoms with Crippen molar-refractivity contribution >= 4 is 29.2 Å². The fourth-order valence-electron chi connectivity index (χ4n) is 3.63. The molecular formula is C18H23N7O4. The maximum Gasteiger partial charge on any atom is 0.253 e. The molecule has 3 heterocycles. The topological polar surface area (TPSA) is 161 Å². The summed E-state index contributed by atoms with van der Waals surface area (Å²) in [6.45, 7) is 4.45. The summed E-state index contributed by atoms with van der Waals surface area (Å²) in [5.74, 6) is -0.877. The Balaban J connectivity index is 1.60. The van der Waals surface area contributed by atoms with Crippen LogP contribution < -0.4 is 21.5 Å². The number of hydrogen-bond donors (Lipinski definition) is 4. The molecular weight excluding hydrogens is 378 g/mol. The summed E-state index contributed by atoms with van der Waals surface area (Å²) >= 11 is 0. The Morgan fingerprint density at radius 1 is 1.31 bits per heavy atom. The van der Waals surface area contributed by atoms with Crippen LogP contribution in [-0.4, -0.2) is 78.5 Å². The number of ether oxygens (including phenoxy) is 2. The van der Waals surface area contributed by atoms with E-state index in [1.807, 2.05) is 6.07 Å². The van der Waals surface area contributed by atoms with Crippen molar-refractivity contribution in [2.75, 3.05) is 39.5 Å². The van der Waals surface area contributed by atoms with Crippen LogP contribution in [0.2, 0.25) is 0 Å². The number of aliphatic imine (C=N–C) groups is 1. The lowest BCUT2D eigenvalue weighted by Crippen LogP contribution is -2.59. The third-order valence-electron chi connectivity index (χ3n) is 5.20. The Hall–Kier alpha value is -3.18. The van der Waals surface area contributed by atoms with Crippen LogP contribution in [0.3, 0.4) is 0 Å². The maximum absolute atomic E-state index is 12.3. The summed E-state index contributed by atoms with van der Waals surface area (Å²) in [5.41, 5.74) is 10.5. The van der Waals surface area contributed by atoms with E-state index in [9.17, 15) is 9.59 Å². The summed E-state index contributed by atoms with van der Waals surface area (Å²) in [6, 6.07) is 4.21. The van der Waals surface area contributed by atoms with E-state index in [2.05, 4.69) is 25.2 Å². The number of nitrogens with one attached hydrogen (secondary N) is 2. The zero-order valence-corrected chi connectivity index (χ0v) is 15.8. The fourth-order valence-corrected chi connectivity index (χ4v) is 3.63. The highest BCUT2D eigenvalue weighted by Crippen LogP contribution is 2.32. The van der Waals surface area contributed by atoms with Crippen LogP contribution in [0, 0.1) is 0 Å². The smallest absolute Gasteiger partial charge is 0.253 e. The van der Waals surface area contributed by atoms with Crippen molar-refractivity contribution in [2.45, 2.75) is 11.6 Å². The Bertz CT molecular complexity index is 953. The number of aromatic amines is 1. The second kappa shape index (κ2) is 7.68. The van der Waals surface area contributed by atoms with Gasteiger partial charge in [0.15, 0.2) is 6.04 Å². The summed E-state index contributed by atoms with van der Waals surface area (Å²) in [7, 11) is 0. The number of morpholine rings is 1. The molecule has 2 unspecified atom stereocenters. The number of amides is 2. The molecule has 11 heteroatoms. The number of H-pyrrole nitrogens is 1. The molecule has 0 radical (unpaired) electrons. The highest BCUT2D eigenvalue weighted by Gasteiger charge is 2.54. The van der Waals surface area contributed by atoms with Gasteiger partial charge in [-0.2, -0.15) is 0 Å². The molecule has 1 saturated heterocycles. The SMILES string of the molecule is NC(=O)C1N=CNC1(C(N)=O)c1nc2c(OCCN3CCOCC3)cccc2[nH]1. The lowest BCUT2D eigenvalue weighted by Gasteiger charge is -2.27. The average molecular weight is 401 g/mol. The van der Waals surface area contributed by atoms with Gasteiger partial charge < -0.3 is 31.2 Å². The molecule has 0 saturated carbocycles. The molecule has 0 aliphatic carbocycles. The molecule has 11 nitrogen and oxygen atoms in total. The predicted molar refractivity (Wildman–Crippen MR) is 104 cm³/mol. The number of benzene rings is 1. The van der Waals surface area contributed by atoms with Crippen molar-refractivity contribution in [3.05, 3.63) is 24.0 Å². The van der Waals surface area contributed by atoms with Gasteiger partial charge in [-0.3, -0.25) is 19.5 Å². The van der Waals surface area contributed by atoms with Gasteiger partial charge in [0.1, 0.15) is 23.7 Å². The van der Waals surface area contributed by atoms with E-state index in [0.717, 1.165) is 32.8 Å². The first kappa shape index (κ1) is 19.2. The molecule has 1 fully saturated rings. The van der Waals surface area contributed by atoms with Gasteiger partial charge in [-0.1, -0.05) is 6.07 Å². The number of aromatic nitrogens is 2. The number of hydrogen-bond acceptors (Lipinski definition) is 8. The number of nitrogens with zero attached hydrogens (tertiary/aromatic N) is 3. The third-order valence-corrected chi connectivity index (χ3v) is 5.20. The van der Waals surface area contributed by atoms with Crippen LogP contribution in [0.5, 0.6) is 5.75 Å². The first-order valence-corrected chi connectivity index (χ1v) is 9.33. The Morgan fingerprint density at radius 2 is 2.10 bits per heavy atom. The van der Waals surface area contributed by atoms with Gasteiger partial charge >= 0.3 is 0 Å². The zero-order valence-electron chi connectivity index (χ0n) is 15.8. The van der Waals surface area contributed by atoms with Crippen molar-refractivity contribution in [1.29, 1.82) is 0 Å². The minimum absolute atomic E-state index is 0.158. The van der Waals surface area contributed by atoms with Crippen LogP contribution >= 0.6 is 0 Å². The van der Waals surface area contributed by atoms with E-state index in [4.69, 9.17) is 20.9 Å². The fraction of sp³-hybridized carbons (Fsp3) is 0.444. The van der Waals surface area contributed by atoms with Gasteiger partial charge in [-0.15, -0.1) is 0 Å². The molecule has 154 valence electrons. The largest absolute Gasteiger partial charge is 0.490 e. The molecule has 2 aliphatic heterocycles. The van der Waals surface area contributed by atoms with Gasteiger partial charge in [0.2, 0.25) is 11.4 Å². The second-order valence-electron chi connectivity index (χ2n) is 6.94. The molecule has 1 aromatic heterocycles. The molecule has 2 aromatic rings. The Morgan fingerprint density at radius 3 is 2.83 bits per heavy atom. The second-order valence-corrected chi connectivity index (χ2v) is 6.94. The molecule has 4 rings (SSSR count). The third kappa shape index (κ3) is 3.38. The Labute approximate surface area is 166 Å². The van der Waals surface area contributed by atoms with Crippen LogP contribution in [-0.2, 0) is 19.9 Å². The monoisotopic (exact) mass is 401 g/mol. The zero-order chi connectivity index (χ0) is 20.4. The summed E-state index contributed by atoms with van der Waals surface area (Å²) in [4.78, 5) is 38.0. The van der Waals surface area contributed by atoms with Crippen LogP contribution in [0.15, 0.2) is 23.2 Å². The molecule has 2 atom stereocenters. The molecule has 6 N–H and O–H groups in total. The van der Waals surface area contributed by atoms with Gasteiger partial charge in [0, 0.05) is 19.6 Å². The number of fused-ring (bicyclic) bond motifs is 1. The minimum atomic E-state index is -1.67. The molecule has 29 heavy (non-hydrogen) atoms. The van der Waals surface area contributed by atoms with Crippen LogP contribution in [0.25, 0.3) is 11.0 Å². The van der Waals surface area contributed by atoms with Crippen LogP contribution in [0.4, 0.5) is 0 Å². The normalized spacial score (nSPS) is 24.5. The van der Waals surface area contributed by atoms with E-state index >= 15 is 0 Å². The van der Waals surface area contributed by atoms with Gasteiger partial charge in [0.05, 0.1) is 25.1 Å². The van der Waals surface area contributed by atoms with E-state index in [0.29, 0.717) is 23.4 Å². The predicted octanol–water partition coefficient (Wildman–Crippen LogP) is -1.56. The number of primary amides is 2. The number of carbonyl (C=O) groups excluding carboxylic acids is 2. The van der Waals surface area contributed by atoms with E-state index in [-0.39, 0.29) is 5.82 Å². The van der Waals surface area contributed by atoms with Gasteiger partial charge in [-0.25, -0.2) is 4.98 Å². The maximum atomic E-state index is 12.3. The molecule has 1 aromatic carbocycles. The minimum Gasteiger partial charge on any atom is -0.490 e. The van der Waals surface area contributed by atoms with Crippen molar-refractivity contribution < 1.29 is 19.1 Å². The van der Waals surface area contributed by atoms with Gasteiger partial charge in [0.25, 0.3) is 5.91 Å². The van der Waals surface area contributed by atoms with Crippen molar-refractivity contribution in [2.24, 2.45) is 16.5 Å². The first-order chi connectivity index (χ1) is 14.0. The number of imidazole rings is 1. The highest BCUT2D eigenvalue weighted by molar-refractivity contribution is 5.99. The van der Waals surface area contributed by atoms with E-state index in [1.165, 1.54) is 6.34 Å². The van der Waals surface area contributed by atoms with E-state index in [1.54, 1.807) is 12.1 Å². The van der Waals surface area contributed by atoms with Crippen molar-refractivity contribution in [3.8, 4) is 5.75 Å². The lowest BCUT2D eigenvalue weighted by molar-refractivity contribution is -0.130. The number of rotatable bonds is 7. The van der Waals surface area contributed by atoms with Crippen molar-refractivity contribution in [3.63, 3.8) is 0 Å². The lowest BCUT2D eigenvalue weighted by atomic mass is 9.89. The first-order valence-electron chi connectivity index (χ1n) is 9.33. The van der Waals surface area contributed by atoms with E-state index < -0.39 is 23.4 Å². The molecule has 2 aliphatic rings. The molecule has 2 amide bonds. The number of para-hydroxylation sites is 1. The standard InChI is InChI=1S/C18H23N7O4/c19-15(26)14-18(16(20)27,22-10-21-14)17-23-11-2-1-3-12(13(11)24-17)29-9-6-25-4-7-28-8-5-25/h1-3,10,14H,4-9H2,(H2,19,26)(H2,20,27)(H,21,22)(H,23,24). The summed E-state index contributed by atoms with van der Waals surface area (Å²) < 4.78 is 11.3. The summed E-state index contributed by atoms with van der Waals surface area (Å²) in [5, 5.41) is 2.76. The summed E-state index contributed by atoms with van der Waals surface area (Å²) in [6.07, 6.45) is 1.24. The van der Waals surface area contributed by atoms with Gasteiger partial charge in [-0.05, 0) is 12.1 Å². The average Bonchev–Trinajstić information content (AvgIpc) is 3.34. The quantitative estimate of drug-likeness (QED) is 0.436. The number of carbonyl (C=O) groups is 2. The van der Waals surface area contributed by atoms with Crippen molar-refractivity contribution in [1.82, 2.24) is 20.2 Å². The number of nitrogens with two attached hydrogens (primary N) is 2. The Kier molecular flexibility index (Phi) is 5.07. The molecule has 0 bridgehead atoms. The molecule has 0 spiro atoms. The van der Waals surface area contributed by atoms with Crippen LogP contribution in [0.1, 0.15) is 5.82 Å². The highest BCUT2D eigenvalue weighted by atomic mass is 16.5.